The lowest BCUT2D eigenvalue weighted by molar-refractivity contribution is -0.127. The Morgan fingerprint density at radius 1 is 1.07 bits per heavy atom. The number of benzene rings is 2. The molecule has 0 saturated carbocycles. The number of likely N-dealkylation sites (tertiary alicyclic amines) is 1. The molecule has 1 aliphatic heterocycles. The van der Waals surface area contributed by atoms with Crippen molar-refractivity contribution in [2.24, 2.45) is 0 Å². The first-order valence-corrected chi connectivity index (χ1v) is 14.0. The van der Waals surface area contributed by atoms with Crippen LogP contribution in [0.2, 0.25) is 0 Å². The van der Waals surface area contributed by atoms with E-state index < -0.39 is 29.2 Å². The van der Waals surface area contributed by atoms with Crippen molar-refractivity contribution in [3.63, 3.8) is 0 Å². The number of likely N-dealkylation sites (N-methyl/N-ethyl adjacent to an activating group) is 1. The minimum atomic E-state index is -1.11. The van der Waals surface area contributed by atoms with Gasteiger partial charge in [0.2, 0.25) is 0 Å². The fourth-order valence-electron chi connectivity index (χ4n) is 5.65. The Kier molecular flexibility index (Phi) is 7.77. The predicted octanol–water partition coefficient (Wildman–Crippen LogP) is 5.73. The minimum absolute atomic E-state index is 0.0590. The van der Waals surface area contributed by atoms with Crippen LogP contribution in [0.5, 0.6) is 6.01 Å². The third-order valence-electron chi connectivity index (χ3n) is 7.81. The van der Waals surface area contributed by atoms with Gasteiger partial charge in [-0.2, -0.15) is 9.97 Å². The molecule has 1 unspecified atom stereocenters. The van der Waals surface area contributed by atoms with Gasteiger partial charge in [-0.3, -0.25) is 9.78 Å². The summed E-state index contributed by atoms with van der Waals surface area (Å²) in [5, 5.41) is 0.502. The number of anilines is 1. The lowest BCUT2D eigenvalue weighted by Gasteiger charge is -2.27. The summed E-state index contributed by atoms with van der Waals surface area (Å²) in [5.41, 5.74) is 0.645. The molecule has 5 aromatic rings. The molecule has 13 heteroatoms. The number of fused-ring (bicyclic) bond motifs is 2. The number of hydrogen-bond acceptors (Lipinski definition) is 8. The van der Waals surface area contributed by atoms with Gasteiger partial charge in [0, 0.05) is 55.1 Å². The van der Waals surface area contributed by atoms with Crippen LogP contribution in [0, 0.1) is 31.3 Å². The maximum atomic E-state index is 16.2. The van der Waals surface area contributed by atoms with Gasteiger partial charge in [0.1, 0.15) is 22.9 Å². The molecule has 230 valence electrons. The molecule has 1 fully saturated rings. The predicted molar refractivity (Wildman–Crippen MR) is 161 cm³/mol. The zero-order valence-corrected chi connectivity index (χ0v) is 24.8. The van der Waals surface area contributed by atoms with Gasteiger partial charge in [0.05, 0.1) is 18.2 Å². The van der Waals surface area contributed by atoms with Crippen LogP contribution in [-0.2, 0) is 4.79 Å². The lowest BCUT2D eigenvalue weighted by atomic mass is 10.00. The molecule has 45 heavy (non-hydrogen) atoms. The number of methoxy groups -OCH3 is 1. The summed E-state index contributed by atoms with van der Waals surface area (Å²) in [6.07, 6.45) is 2.93. The number of carbonyl (C=O) groups is 1. The van der Waals surface area contributed by atoms with Gasteiger partial charge in [-0.15, -0.1) is 0 Å². The molecule has 0 N–H and O–H groups in total. The van der Waals surface area contributed by atoms with Crippen LogP contribution >= 0.6 is 0 Å². The van der Waals surface area contributed by atoms with E-state index in [0.717, 1.165) is 12.1 Å². The number of nitrogens with zero attached hydrogens (tertiary/aromatic N) is 7. The number of rotatable bonds is 6. The Morgan fingerprint density at radius 3 is 2.62 bits per heavy atom. The van der Waals surface area contributed by atoms with Crippen molar-refractivity contribution in [1.82, 2.24) is 29.8 Å². The van der Waals surface area contributed by atoms with Crippen LogP contribution in [0.4, 0.5) is 23.4 Å². The van der Waals surface area contributed by atoms with E-state index in [4.69, 9.17) is 4.74 Å². The molecule has 9 nitrogen and oxygen atoms in total. The summed E-state index contributed by atoms with van der Waals surface area (Å²) in [7, 11) is 3.05. The second-order valence-electron chi connectivity index (χ2n) is 10.8. The molecular formula is C32H27F4N7O2. The van der Waals surface area contributed by atoms with Crippen molar-refractivity contribution in [3.8, 4) is 17.3 Å². The quantitative estimate of drug-likeness (QED) is 0.176. The van der Waals surface area contributed by atoms with Crippen LogP contribution in [0.15, 0.2) is 48.4 Å². The summed E-state index contributed by atoms with van der Waals surface area (Å²) < 4.78 is 65.5. The van der Waals surface area contributed by atoms with Gasteiger partial charge in [-0.1, -0.05) is 24.3 Å². The summed E-state index contributed by atoms with van der Waals surface area (Å²) >= 11 is 0. The smallest absolute Gasteiger partial charge is 0.318 e. The first-order chi connectivity index (χ1) is 21.5. The number of aromatic nitrogens is 5. The molecular weight excluding hydrogens is 590 g/mol. The number of halogens is 4. The number of carbonyl (C=O) groups excluding carboxylic acids is 1. The largest absolute Gasteiger partial charge is 0.467 e. The molecule has 1 saturated heterocycles. The van der Waals surface area contributed by atoms with E-state index in [1.165, 1.54) is 30.3 Å². The maximum Gasteiger partial charge on any atom is 0.318 e. The number of pyridine rings is 1. The molecule has 1 atom stereocenters. The normalized spacial score (nSPS) is 15.2. The third-order valence-corrected chi connectivity index (χ3v) is 7.81. The Bertz CT molecular complexity index is 2000. The van der Waals surface area contributed by atoms with E-state index in [1.807, 2.05) is 0 Å². The highest BCUT2D eigenvalue weighted by Crippen LogP contribution is 2.36. The standard InChI is InChI=1S/C32H27F4N7O2/c1-16-12-19(39-17(2)38-16)13-24(34)31(44)43-11-10-20(15-43)42(3)30-22-14-37-28(27(36)29(22)40-32(41-30)45-4)21-7-5-6-18-8-9-23(33)26(35)25(18)21/h5-9,12-14,20H,10-11,15H2,1-4H3/b24-13-. The van der Waals surface area contributed by atoms with Crippen LogP contribution in [0.25, 0.3) is 39.0 Å². The van der Waals surface area contributed by atoms with Crippen molar-refractivity contribution in [2.45, 2.75) is 26.3 Å². The van der Waals surface area contributed by atoms with E-state index >= 15 is 4.39 Å². The Hall–Kier alpha value is -5.20. The van der Waals surface area contributed by atoms with E-state index in [2.05, 4.69) is 24.9 Å². The molecule has 0 aliphatic carbocycles. The highest BCUT2D eigenvalue weighted by molar-refractivity contribution is 5.99. The molecule has 0 bridgehead atoms. The number of hydrogen-bond donors (Lipinski definition) is 0. The summed E-state index contributed by atoms with van der Waals surface area (Å²) in [4.78, 5) is 37.4. The third kappa shape index (κ3) is 5.49. The Morgan fingerprint density at radius 2 is 1.87 bits per heavy atom. The molecule has 1 amide bonds. The van der Waals surface area contributed by atoms with Crippen molar-refractivity contribution >= 4 is 39.5 Å². The molecule has 1 aliphatic rings. The average Bonchev–Trinajstić information content (AvgIpc) is 3.51. The molecule has 6 rings (SSSR count). The fourth-order valence-corrected chi connectivity index (χ4v) is 5.65. The summed E-state index contributed by atoms with van der Waals surface area (Å²) in [5.74, 6) is -4.04. The SMILES string of the molecule is COc1nc(N(C)C2CCN(C(=O)/C(F)=C/c3cc(C)nc(C)n3)C2)c2cnc(-c3cccc4ccc(F)c(F)c34)c(F)c2n1. The zero-order valence-electron chi connectivity index (χ0n) is 24.8. The van der Waals surface area contributed by atoms with Crippen LogP contribution in [0.1, 0.15) is 23.6 Å². The molecule has 2 aromatic carbocycles. The average molecular weight is 618 g/mol. The number of ether oxygens (including phenoxy) is 1. The molecule has 4 heterocycles. The lowest BCUT2D eigenvalue weighted by Crippen LogP contribution is -2.37. The Balaban J connectivity index is 1.33. The van der Waals surface area contributed by atoms with Gasteiger partial charge in [-0.25, -0.2) is 27.5 Å². The van der Waals surface area contributed by atoms with E-state index in [9.17, 15) is 18.0 Å². The van der Waals surface area contributed by atoms with Crippen molar-refractivity contribution < 1.29 is 27.1 Å². The van der Waals surface area contributed by atoms with Gasteiger partial charge < -0.3 is 14.5 Å². The highest BCUT2D eigenvalue weighted by Gasteiger charge is 2.33. The first kappa shape index (κ1) is 29.9. The van der Waals surface area contributed by atoms with Crippen LogP contribution in [-0.4, -0.2) is 69.0 Å². The molecule has 0 radical (unpaired) electrons. The van der Waals surface area contributed by atoms with E-state index in [-0.39, 0.29) is 58.5 Å². The van der Waals surface area contributed by atoms with Gasteiger partial charge >= 0.3 is 6.01 Å². The number of aryl methyl sites for hydroxylation is 2. The summed E-state index contributed by atoms with van der Waals surface area (Å²) in [6, 6.07) is 8.20. The molecule has 3 aromatic heterocycles. The van der Waals surface area contributed by atoms with Crippen molar-refractivity contribution in [2.75, 3.05) is 32.1 Å². The molecule has 0 spiro atoms. The minimum Gasteiger partial charge on any atom is -0.467 e. The first-order valence-electron chi connectivity index (χ1n) is 14.0. The second kappa shape index (κ2) is 11.7. The van der Waals surface area contributed by atoms with E-state index in [1.54, 1.807) is 44.0 Å². The van der Waals surface area contributed by atoms with Crippen LogP contribution in [0.3, 0.4) is 0 Å². The Labute approximate surface area is 255 Å². The van der Waals surface area contributed by atoms with Gasteiger partial charge in [0.25, 0.3) is 5.91 Å². The number of amides is 1. The second-order valence-corrected chi connectivity index (χ2v) is 10.8. The zero-order chi connectivity index (χ0) is 32.0. The van der Waals surface area contributed by atoms with Gasteiger partial charge in [-0.05, 0) is 37.8 Å². The fraction of sp³-hybridized carbons (Fsp3) is 0.250. The van der Waals surface area contributed by atoms with Crippen LogP contribution < -0.4 is 9.64 Å². The van der Waals surface area contributed by atoms with Crippen molar-refractivity contribution in [1.29, 1.82) is 0 Å². The summed E-state index contributed by atoms with van der Waals surface area (Å²) in [6.45, 7) is 3.88. The maximum absolute atomic E-state index is 16.2. The van der Waals surface area contributed by atoms with Gasteiger partial charge in [0.15, 0.2) is 23.3 Å². The monoisotopic (exact) mass is 617 g/mol. The topological polar surface area (TPSA) is 97.2 Å². The van der Waals surface area contributed by atoms with E-state index in [0.29, 0.717) is 29.0 Å². The van der Waals surface area contributed by atoms with Crippen molar-refractivity contribution in [3.05, 3.63) is 83.1 Å². The highest BCUT2D eigenvalue weighted by atomic mass is 19.2.